The van der Waals surface area contributed by atoms with Gasteiger partial charge < -0.3 is 20.9 Å². The predicted molar refractivity (Wildman–Crippen MR) is 76.6 cm³/mol. The van der Waals surface area contributed by atoms with Gasteiger partial charge in [-0.15, -0.1) is 0 Å². The minimum Gasteiger partial charge on any atom is -0.497 e. The van der Waals surface area contributed by atoms with Crippen LogP contribution in [-0.4, -0.2) is 25.8 Å². The maximum atomic E-state index is 6.50. The lowest BCUT2D eigenvalue weighted by Crippen LogP contribution is -2.47. The van der Waals surface area contributed by atoms with Gasteiger partial charge >= 0.3 is 0 Å². The summed E-state index contributed by atoms with van der Waals surface area (Å²) < 4.78 is 10.6. The van der Waals surface area contributed by atoms with Crippen LogP contribution < -0.4 is 20.9 Å². The van der Waals surface area contributed by atoms with Crippen LogP contribution >= 0.6 is 0 Å². The summed E-state index contributed by atoms with van der Waals surface area (Å²) in [6, 6.07) is 6.26. The van der Waals surface area contributed by atoms with Crippen LogP contribution in [0.15, 0.2) is 18.2 Å². The number of hydrogen-bond acceptors (Lipinski definition) is 4. The first-order valence-electron chi connectivity index (χ1n) is 6.81. The molecule has 1 aliphatic carbocycles. The van der Waals surface area contributed by atoms with Crippen molar-refractivity contribution < 1.29 is 9.47 Å². The van der Waals surface area contributed by atoms with E-state index in [1.54, 1.807) is 14.2 Å². The molecule has 1 aliphatic rings. The zero-order valence-corrected chi connectivity index (χ0v) is 11.8. The van der Waals surface area contributed by atoms with E-state index in [-0.39, 0.29) is 5.54 Å². The molecular weight excluding hydrogens is 240 g/mol. The van der Waals surface area contributed by atoms with Crippen molar-refractivity contribution in [1.82, 2.24) is 0 Å². The highest BCUT2D eigenvalue weighted by molar-refractivity contribution is 5.39. The van der Waals surface area contributed by atoms with E-state index in [1.165, 1.54) is 0 Å². The lowest BCUT2D eigenvalue weighted by Gasteiger charge is -2.36. The van der Waals surface area contributed by atoms with Crippen LogP contribution in [0.2, 0.25) is 0 Å². The number of rotatable bonds is 4. The van der Waals surface area contributed by atoms with Gasteiger partial charge in [0.1, 0.15) is 11.5 Å². The standard InChI is InChI=1S/C15H24N2O2/c1-18-13-7-11(8-14(9-13)19-2)10-15(17)5-3-12(16)4-6-15/h7-9,12H,3-6,10,16-17H2,1-2H3. The van der Waals surface area contributed by atoms with E-state index < -0.39 is 0 Å². The van der Waals surface area contributed by atoms with Gasteiger partial charge in [-0.3, -0.25) is 0 Å². The molecule has 106 valence electrons. The molecule has 4 heteroatoms. The molecule has 2 rings (SSSR count). The van der Waals surface area contributed by atoms with Crippen LogP contribution in [0.3, 0.4) is 0 Å². The van der Waals surface area contributed by atoms with E-state index in [2.05, 4.69) is 0 Å². The highest BCUT2D eigenvalue weighted by Crippen LogP contribution is 2.31. The van der Waals surface area contributed by atoms with Gasteiger partial charge in [-0.1, -0.05) is 0 Å². The highest BCUT2D eigenvalue weighted by Gasteiger charge is 2.30. The zero-order chi connectivity index (χ0) is 13.9. The van der Waals surface area contributed by atoms with Crippen molar-refractivity contribution in [2.75, 3.05) is 14.2 Å². The minimum absolute atomic E-state index is 0.146. The van der Waals surface area contributed by atoms with Gasteiger partial charge in [0.2, 0.25) is 0 Å². The summed E-state index contributed by atoms with van der Waals surface area (Å²) in [5.41, 5.74) is 13.5. The highest BCUT2D eigenvalue weighted by atomic mass is 16.5. The monoisotopic (exact) mass is 264 g/mol. The van der Waals surface area contributed by atoms with Crippen molar-refractivity contribution >= 4 is 0 Å². The van der Waals surface area contributed by atoms with Crippen LogP contribution in [0, 0.1) is 0 Å². The van der Waals surface area contributed by atoms with E-state index in [1.807, 2.05) is 18.2 Å². The molecule has 0 aliphatic heterocycles. The first-order valence-corrected chi connectivity index (χ1v) is 6.81. The molecule has 1 fully saturated rings. The molecule has 4 nitrogen and oxygen atoms in total. The lowest BCUT2D eigenvalue weighted by molar-refractivity contribution is 0.271. The molecule has 0 amide bonds. The molecule has 19 heavy (non-hydrogen) atoms. The van der Waals surface area contributed by atoms with Gasteiger partial charge in [-0.05, 0) is 49.8 Å². The molecule has 0 spiro atoms. The van der Waals surface area contributed by atoms with Gasteiger partial charge in [0, 0.05) is 17.6 Å². The van der Waals surface area contributed by atoms with E-state index in [9.17, 15) is 0 Å². The van der Waals surface area contributed by atoms with Crippen molar-refractivity contribution in [2.24, 2.45) is 11.5 Å². The second-order valence-electron chi connectivity index (χ2n) is 5.60. The molecule has 0 heterocycles. The molecule has 0 unspecified atom stereocenters. The molecule has 0 aromatic heterocycles. The van der Waals surface area contributed by atoms with E-state index in [0.29, 0.717) is 6.04 Å². The fourth-order valence-corrected chi connectivity index (χ4v) is 2.77. The van der Waals surface area contributed by atoms with E-state index in [4.69, 9.17) is 20.9 Å². The Kier molecular flexibility index (Phi) is 4.32. The largest absolute Gasteiger partial charge is 0.497 e. The van der Waals surface area contributed by atoms with Gasteiger partial charge in [-0.2, -0.15) is 0 Å². The summed E-state index contributed by atoms with van der Waals surface area (Å²) in [5, 5.41) is 0. The summed E-state index contributed by atoms with van der Waals surface area (Å²) in [4.78, 5) is 0. The second kappa shape index (κ2) is 5.80. The quantitative estimate of drug-likeness (QED) is 0.870. The molecule has 0 atom stereocenters. The Hall–Kier alpha value is -1.26. The van der Waals surface area contributed by atoms with Gasteiger partial charge in [0.15, 0.2) is 0 Å². The van der Waals surface area contributed by atoms with Crippen LogP contribution in [0.1, 0.15) is 31.2 Å². The molecule has 1 aromatic carbocycles. The van der Waals surface area contributed by atoms with Crippen molar-refractivity contribution in [3.05, 3.63) is 23.8 Å². The maximum Gasteiger partial charge on any atom is 0.122 e. The molecule has 4 N–H and O–H groups in total. The third-order valence-electron chi connectivity index (χ3n) is 3.99. The van der Waals surface area contributed by atoms with Crippen molar-refractivity contribution in [1.29, 1.82) is 0 Å². The topological polar surface area (TPSA) is 70.5 Å². The molecule has 1 aromatic rings. The van der Waals surface area contributed by atoms with E-state index >= 15 is 0 Å². The summed E-state index contributed by atoms with van der Waals surface area (Å²) in [6.07, 6.45) is 4.82. The molecule has 1 saturated carbocycles. The fraction of sp³-hybridized carbons (Fsp3) is 0.600. The third-order valence-corrected chi connectivity index (χ3v) is 3.99. The Morgan fingerprint density at radius 3 is 2.11 bits per heavy atom. The Balaban J connectivity index is 2.13. The average Bonchev–Trinajstić information content (AvgIpc) is 2.42. The Morgan fingerprint density at radius 1 is 1.11 bits per heavy atom. The fourth-order valence-electron chi connectivity index (χ4n) is 2.77. The summed E-state index contributed by atoms with van der Waals surface area (Å²) in [6.45, 7) is 0. The van der Waals surface area contributed by atoms with Crippen LogP contribution in [0.25, 0.3) is 0 Å². The second-order valence-corrected chi connectivity index (χ2v) is 5.60. The van der Waals surface area contributed by atoms with Crippen LogP contribution in [-0.2, 0) is 6.42 Å². The predicted octanol–water partition coefficient (Wildman–Crippen LogP) is 1.85. The number of benzene rings is 1. The average molecular weight is 264 g/mol. The molecule has 0 saturated heterocycles. The number of ether oxygens (including phenoxy) is 2. The molecule has 0 bridgehead atoms. The normalized spacial score (nSPS) is 27.1. The summed E-state index contributed by atoms with van der Waals surface area (Å²) >= 11 is 0. The zero-order valence-electron chi connectivity index (χ0n) is 11.8. The van der Waals surface area contributed by atoms with Crippen LogP contribution in [0.5, 0.6) is 11.5 Å². The lowest BCUT2D eigenvalue weighted by atomic mass is 9.77. The Morgan fingerprint density at radius 2 is 1.63 bits per heavy atom. The minimum atomic E-state index is -0.146. The smallest absolute Gasteiger partial charge is 0.122 e. The van der Waals surface area contributed by atoms with Gasteiger partial charge in [0.25, 0.3) is 0 Å². The number of methoxy groups -OCH3 is 2. The SMILES string of the molecule is COc1cc(CC2(N)CCC(N)CC2)cc(OC)c1. The van der Waals surface area contributed by atoms with Gasteiger partial charge in [-0.25, -0.2) is 0 Å². The summed E-state index contributed by atoms with van der Waals surface area (Å²) in [5.74, 6) is 1.62. The Bertz CT molecular complexity index is 404. The molecular formula is C15H24N2O2. The molecule has 0 radical (unpaired) electrons. The van der Waals surface area contributed by atoms with Crippen LogP contribution in [0.4, 0.5) is 0 Å². The Labute approximate surface area is 115 Å². The van der Waals surface area contributed by atoms with Crippen molar-refractivity contribution in [3.63, 3.8) is 0 Å². The number of nitrogens with two attached hydrogens (primary N) is 2. The summed E-state index contributed by atoms with van der Waals surface area (Å²) in [7, 11) is 3.33. The first-order chi connectivity index (χ1) is 9.04. The van der Waals surface area contributed by atoms with Crippen molar-refractivity contribution in [2.45, 2.75) is 43.7 Å². The first kappa shape index (κ1) is 14.2. The third kappa shape index (κ3) is 3.61. The number of hydrogen-bond donors (Lipinski definition) is 2. The van der Waals surface area contributed by atoms with Gasteiger partial charge in [0.05, 0.1) is 14.2 Å². The maximum absolute atomic E-state index is 6.50. The van der Waals surface area contributed by atoms with E-state index in [0.717, 1.165) is 49.2 Å². The van der Waals surface area contributed by atoms with Crippen molar-refractivity contribution in [3.8, 4) is 11.5 Å².